The molecule has 0 aromatic carbocycles. The van der Waals surface area contributed by atoms with Gasteiger partial charge in [-0.25, -0.2) is 0 Å². The number of rotatable bonds is 2. The Hall–Kier alpha value is -0.830. The molecule has 1 atom stereocenters. The van der Waals surface area contributed by atoms with Crippen molar-refractivity contribution >= 4 is 6.29 Å². The van der Waals surface area contributed by atoms with E-state index >= 15 is 0 Å². The molecule has 3 nitrogen and oxygen atoms in total. The highest BCUT2D eigenvalue weighted by Gasteiger charge is 1.96. The van der Waals surface area contributed by atoms with Gasteiger partial charge in [-0.1, -0.05) is 6.58 Å². The van der Waals surface area contributed by atoms with Crippen molar-refractivity contribution in [3.05, 3.63) is 12.3 Å². The number of carbonyl (C=O) groups is 1. The molecule has 0 amide bonds. The lowest BCUT2D eigenvalue weighted by atomic mass is 10.3. The van der Waals surface area contributed by atoms with Crippen molar-refractivity contribution in [2.24, 2.45) is 11.5 Å². The molecule has 0 saturated carbocycles. The second-order valence-corrected chi connectivity index (χ2v) is 1.24. The zero-order chi connectivity index (χ0) is 5.86. The fourth-order valence-corrected chi connectivity index (χ4v) is 0.0874. The number of hydrogen-bond acceptors (Lipinski definition) is 3. The van der Waals surface area contributed by atoms with Gasteiger partial charge in [0.1, 0.15) is 12.3 Å². The van der Waals surface area contributed by atoms with Crippen LogP contribution in [0.3, 0.4) is 0 Å². The fourth-order valence-electron chi connectivity index (χ4n) is 0.0874. The molecule has 0 bridgehead atoms. The van der Waals surface area contributed by atoms with Gasteiger partial charge in [0.2, 0.25) is 0 Å². The maximum Gasteiger partial charge on any atom is 0.142 e. The summed E-state index contributed by atoms with van der Waals surface area (Å²) in [5, 5.41) is 0. The van der Waals surface area contributed by atoms with E-state index < -0.39 is 6.04 Å². The average Bonchev–Trinajstić information content (AvgIpc) is 1.65. The molecule has 0 radical (unpaired) electrons. The molecule has 0 fully saturated rings. The summed E-state index contributed by atoms with van der Waals surface area (Å²) in [7, 11) is 0. The highest BCUT2D eigenvalue weighted by molar-refractivity contribution is 5.61. The lowest BCUT2D eigenvalue weighted by molar-refractivity contribution is -0.108. The Kier molecular flexibility index (Phi) is 2.08. The smallest absolute Gasteiger partial charge is 0.142 e. The van der Waals surface area contributed by atoms with E-state index in [2.05, 4.69) is 6.58 Å². The lowest BCUT2D eigenvalue weighted by Crippen LogP contribution is -2.27. The first kappa shape index (κ1) is 6.17. The zero-order valence-electron chi connectivity index (χ0n) is 3.92. The summed E-state index contributed by atoms with van der Waals surface area (Å²) in [4.78, 5) is 9.68. The lowest BCUT2D eigenvalue weighted by Gasteiger charge is -1.97. The molecule has 0 rings (SSSR count). The third-order valence-corrected chi connectivity index (χ3v) is 0.575. The molecule has 0 aliphatic rings. The molecular formula is C4H8N2O. The van der Waals surface area contributed by atoms with Crippen molar-refractivity contribution < 1.29 is 4.79 Å². The topological polar surface area (TPSA) is 69.1 Å². The van der Waals surface area contributed by atoms with Gasteiger partial charge in [-0.3, -0.25) is 0 Å². The molecule has 0 aliphatic heterocycles. The summed E-state index contributed by atoms with van der Waals surface area (Å²) in [5.41, 5.74) is 10.2. The van der Waals surface area contributed by atoms with Crippen LogP contribution in [0.1, 0.15) is 0 Å². The summed E-state index contributed by atoms with van der Waals surface area (Å²) in [5.74, 6) is 0. The summed E-state index contributed by atoms with van der Waals surface area (Å²) >= 11 is 0. The predicted molar refractivity (Wildman–Crippen MR) is 27.4 cm³/mol. The summed E-state index contributed by atoms with van der Waals surface area (Å²) < 4.78 is 0. The van der Waals surface area contributed by atoms with Gasteiger partial charge >= 0.3 is 0 Å². The van der Waals surface area contributed by atoms with Gasteiger partial charge < -0.3 is 16.3 Å². The first-order valence-electron chi connectivity index (χ1n) is 1.83. The maximum absolute atomic E-state index is 9.68. The van der Waals surface area contributed by atoms with E-state index in [1.165, 1.54) is 0 Å². The largest absolute Gasteiger partial charge is 0.401 e. The van der Waals surface area contributed by atoms with E-state index in [1.54, 1.807) is 0 Å². The van der Waals surface area contributed by atoms with Crippen molar-refractivity contribution in [2.45, 2.75) is 6.04 Å². The quantitative estimate of drug-likeness (QED) is 0.436. The minimum atomic E-state index is -0.694. The number of nitrogens with two attached hydrogens (primary N) is 2. The first-order chi connectivity index (χ1) is 3.18. The highest BCUT2D eigenvalue weighted by atomic mass is 16.1. The minimum Gasteiger partial charge on any atom is -0.401 e. The minimum absolute atomic E-state index is 0.204. The van der Waals surface area contributed by atoms with Crippen LogP contribution in [-0.2, 0) is 4.79 Å². The van der Waals surface area contributed by atoms with Crippen LogP contribution >= 0.6 is 0 Å². The second kappa shape index (κ2) is 2.36. The highest BCUT2D eigenvalue weighted by Crippen LogP contribution is 1.77. The van der Waals surface area contributed by atoms with Gasteiger partial charge in [0, 0.05) is 5.70 Å². The van der Waals surface area contributed by atoms with Crippen LogP contribution in [0.5, 0.6) is 0 Å². The van der Waals surface area contributed by atoms with Crippen LogP contribution in [0.25, 0.3) is 0 Å². The van der Waals surface area contributed by atoms with Crippen LogP contribution < -0.4 is 11.5 Å². The zero-order valence-corrected chi connectivity index (χ0v) is 3.92. The predicted octanol–water partition coefficient (Wildman–Crippen LogP) is -1.02. The van der Waals surface area contributed by atoms with Crippen molar-refractivity contribution in [1.82, 2.24) is 0 Å². The van der Waals surface area contributed by atoms with Gasteiger partial charge in [-0.05, 0) is 0 Å². The average molecular weight is 100 g/mol. The summed E-state index contributed by atoms with van der Waals surface area (Å²) in [6, 6.07) is -0.694. The van der Waals surface area contributed by atoms with Crippen molar-refractivity contribution in [3.63, 3.8) is 0 Å². The van der Waals surface area contributed by atoms with Crippen LogP contribution in [0.15, 0.2) is 12.3 Å². The molecule has 0 spiro atoms. The van der Waals surface area contributed by atoms with Crippen LogP contribution in [0.4, 0.5) is 0 Å². The van der Waals surface area contributed by atoms with E-state index in [0.717, 1.165) is 0 Å². The molecule has 0 aliphatic carbocycles. The van der Waals surface area contributed by atoms with E-state index in [9.17, 15) is 4.79 Å². The summed E-state index contributed by atoms with van der Waals surface area (Å²) in [6.07, 6.45) is 0.544. The van der Waals surface area contributed by atoms with Gasteiger partial charge in [0.25, 0.3) is 0 Å². The number of hydrogen-bond donors (Lipinski definition) is 2. The molecule has 0 aromatic heterocycles. The van der Waals surface area contributed by atoms with Crippen LogP contribution in [0, 0.1) is 0 Å². The van der Waals surface area contributed by atoms with Gasteiger partial charge in [-0.2, -0.15) is 0 Å². The Bertz CT molecular complexity index is 89.7. The monoisotopic (exact) mass is 100 g/mol. The Balaban J connectivity index is 3.55. The molecule has 0 heterocycles. The molecule has 40 valence electrons. The Morgan fingerprint density at radius 1 is 1.86 bits per heavy atom. The molecule has 1 unspecified atom stereocenters. The summed E-state index contributed by atoms with van der Waals surface area (Å²) in [6.45, 7) is 3.25. The van der Waals surface area contributed by atoms with Crippen molar-refractivity contribution in [3.8, 4) is 0 Å². The Morgan fingerprint density at radius 2 is 2.29 bits per heavy atom. The molecule has 4 N–H and O–H groups in total. The van der Waals surface area contributed by atoms with E-state index in [0.29, 0.717) is 6.29 Å². The number of aldehydes is 1. The Morgan fingerprint density at radius 3 is 2.29 bits per heavy atom. The molecule has 7 heavy (non-hydrogen) atoms. The van der Waals surface area contributed by atoms with Crippen molar-refractivity contribution in [1.29, 1.82) is 0 Å². The van der Waals surface area contributed by atoms with E-state index in [1.807, 2.05) is 0 Å². The normalized spacial score (nSPS) is 12.7. The molecule has 0 saturated heterocycles. The molecule has 3 heteroatoms. The van der Waals surface area contributed by atoms with Gasteiger partial charge in [0.05, 0.1) is 0 Å². The van der Waals surface area contributed by atoms with Crippen LogP contribution in [0.2, 0.25) is 0 Å². The second-order valence-electron chi connectivity index (χ2n) is 1.24. The fraction of sp³-hybridized carbons (Fsp3) is 0.250. The third-order valence-electron chi connectivity index (χ3n) is 0.575. The van der Waals surface area contributed by atoms with E-state index in [-0.39, 0.29) is 5.70 Å². The third kappa shape index (κ3) is 1.94. The van der Waals surface area contributed by atoms with Crippen LogP contribution in [-0.4, -0.2) is 12.3 Å². The molecular weight excluding hydrogens is 92.1 g/mol. The van der Waals surface area contributed by atoms with Gasteiger partial charge in [-0.15, -0.1) is 0 Å². The first-order valence-corrected chi connectivity index (χ1v) is 1.83. The van der Waals surface area contributed by atoms with E-state index in [4.69, 9.17) is 11.5 Å². The Labute approximate surface area is 42.0 Å². The van der Waals surface area contributed by atoms with Crippen molar-refractivity contribution in [2.75, 3.05) is 0 Å². The van der Waals surface area contributed by atoms with Gasteiger partial charge in [0.15, 0.2) is 0 Å². The standard InChI is InChI=1S/C4H8N2O/c1-3(5)4(6)2-7/h2,4H,1,5-6H2. The molecule has 0 aromatic rings. The SMILES string of the molecule is C=C(N)C(N)C=O. The maximum atomic E-state index is 9.68. The number of carbonyl (C=O) groups excluding carboxylic acids is 1.